The second-order valence-corrected chi connectivity index (χ2v) is 8.62. The first-order valence-electron chi connectivity index (χ1n) is 9.76. The maximum atomic E-state index is 12.9. The Morgan fingerprint density at radius 3 is 1.91 bits per heavy atom. The van der Waals surface area contributed by atoms with Gasteiger partial charge in [0, 0.05) is 16.8 Å². The standard InChI is InChI=1S/C23H23N3O6S/c1-15-4-9-18(10-5-15)26-33(29,30)21-14-17(8-13-20(21)32-3)23(28)25-24-22(27)16-6-11-19(31-2)12-7-16/h4-14,26H,1-3H3,(H,24,27)(H,25,28). The van der Waals surface area contributed by atoms with Crippen LogP contribution in [0, 0.1) is 6.92 Å². The molecule has 0 aromatic heterocycles. The monoisotopic (exact) mass is 469 g/mol. The van der Waals surface area contributed by atoms with Crippen molar-refractivity contribution in [1.82, 2.24) is 10.9 Å². The Labute approximate surface area is 191 Å². The number of sulfonamides is 1. The molecule has 3 rings (SSSR count). The van der Waals surface area contributed by atoms with Gasteiger partial charge in [-0.3, -0.25) is 25.2 Å². The molecule has 0 saturated carbocycles. The van der Waals surface area contributed by atoms with Gasteiger partial charge in [-0.25, -0.2) is 8.42 Å². The van der Waals surface area contributed by atoms with Crippen molar-refractivity contribution >= 4 is 27.5 Å². The molecular formula is C23H23N3O6S. The molecule has 3 aromatic rings. The number of ether oxygens (including phenoxy) is 2. The number of nitrogens with one attached hydrogen (secondary N) is 3. The van der Waals surface area contributed by atoms with Crippen LogP contribution in [-0.4, -0.2) is 34.5 Å². The lowest BCUT2D eigenvalue weighted by Gasteiger charge is -2.14. The molecule has 2 amide bonds. The Morgan fingerprint density at radius 2 is 1.33 bits per heavy atom. The first-order valence-corrected chi connectivity index (χ1v) is 11.2. The molecule has 0 radical (unpaired) electrons. The highest BCUT2D eigenvalue weighted by Crippen LogP contribution is 2.27. The van der Waals surface area contributed by atoms with E-state index < -0.39 is 21.8 Å². The second kappa shape index (κ2) is 10.0. The fourth-order valence-electron chi connectivity index (χ4n) is 2.86. The SMILES string of the molecule is COc1ccc(C(=O)NNC(=O)c2ccc(OC)c(S(=O)(=O)Nc3ccc(C)cc3)c2)cc1. The molecule has 0 atom stereocenters. The van der Waals surface area contributed by atoms with Crippen LogP contribution in [0.2, 0.25) is 0 Å². The third-order valence-corrected chi connectivity index (χ3v) is 6.06. The smallest absolute Gasteiger partial charge is 0.269 e. The van der Waals surface area contributed by atoms with E-state index in [4.69, 9.17) is 9.47 Å². The lowest BCUT2D eigenvalue weighted by molar-refractivity contribution is 0.0846. The summed E-state index contributed by atoms with van der Waals surface area (Å²) in [4.78, 5) is 24.6. The second-order valence-electron chi connectivity index (χ2n) is 6.97. The molecule has 9 nitrogen and oxygen atoms in total. The maximum Gasteiger partial charge on any atom is 0.269 e. The molecule has 0 aliphatic rings. The Balaban J connectivity index is 1.76. The molecule has 0 heterocycles. The Hall–Kier alpha value is -4.05. The quantitative estimate of drug-likeness (QED) is 0.457. The third kappa shape index (κ3) is 5.80. The van der Waals surface area contributed by atoms with Crippen LogP contribution in [0.5, 0.6) is 11.5 Å². The largest absolute Gasteiger partial charge is 0.497 e. The highest BCUT2D eigenvalue weighted by Gasteiger charge is 2.22. The van der Waals surface area contributed by atoms with Crippen LogP contribution >= 0.6 is 0 Å². The summed E-state index contributed by atoms with van der Waals surface area (Å²) in [5.41, 5.74) is 6.22. The summed E-state index contributed by atoms with van der Waals surface area (Å²) in [7, 11) is -1.22. The van der Waals surface area contributed by atoms with Gasteiger partial charge in [0.2, 0.25) is 0 Å². The van der Waals surface area contributed by atoms with E-state index in [9.17, 15) is 18.0 Å². The molecular weight excluding hydrogens is 446 g/mol. The summed E-state index contributed by atoms with van der Waals surface area (Å²) in [5, 5.41) is 0. The van der Waals surface area contributed by atoms with Gasteiger partial charge in [0.05, 0.1) is 14.2 Å². The van der Waals surface area contributed by atoms with Gasteiger partial charge in [-0.1, -0.05) is 17.7 Å². The predicted molar refractivity (Wildman–Crippen MR) is 123 cm³/mol. The number of carbonyl (C=O) groups is 2. The van der Waals surface area contributed by atoms with Crippen LogP contribution in [0.3, 0.4) is 0 Å². The molecule has 0 aliphatic heterocycles. The van der Waals surface area contributed by atoms with Crippen molar-refractivity contribution in [2.45, 2.75) is 11.8 Å². The highest BCUT2D eigenvalue weighted by atomic mass is 32.2. The zero-order valence-electron chi connectivity index (χ0n) is 18.2. The van der Waals surface area contributed by atoms with Crippen molar-refractivity contribution in [2.24, 2.45) is 0 Å². The predicted octanol–water partition coefficient (Wildman–Crippen LogP) is 2.89. The molecule has 3 N–H and O–H groups in total. The van der Waals surface area contributed by atoms with E-state index in [1.54, 1.807) is 36.4 Å². The van der Waals surface area contributed by atoms with Crippen molar-refractivity contribution in [3.8, 4) is 11.5 Å². The molecule has 10 heteroatoms. The number of hydrogen-bond donors (Lipinski definition) is 3. The van der Waals surface area contributed by atoms with E-state index in [1.807, 2.05) is 6.92 Å². The molecule has 33 heavy (non-hydrogen) atoms. The molecule has 0 fully saturated rings. The normalized spacial score (nSPS) is 10.8. The maximum absolute atomic E-state index is 12.9. The van der Waals surface area contributed by atoms with Crippen LogP contribution in [0.4, 0.5) is 5.69 Å². The summed E-state index contributed by atoms with van der Waals surface area (Å²) < 4.78 is 38.6. The van der Waals surface area contributed by atoms with E-state index in [0.29, 0.717) is 17.0 Å². The Kier molecular flexibility index (Phi) is 7.19. The van der Waals surface area contributed by atoms with Gasteiger partial charge in [0.15, 0.2) is 0 Å². The van der Waals surface area contributed by atoms with E-state index in [0.717, 1.165) is 5.56 Å². The first kappa shape index (κ1) is 23.6. The highest BCUT2D eigenvalue weighted by molar-refractivity contribution is 7.92. The van der Waals surface area contributed by atoms with Gasteiger partial charge in [0.25, 0.3) is 21.8 Å². The zero-order chi connectivity index (χ0) is 24.0. The van der Waals surface area contributed by atoms with E-state index >= 15 is 0 Å². The number of anilines is 1. The van der Waals surface area contributed by atoms with Gasteiger partial charge < -0.3 is 9.47 Å². The summed E-state index contributed by atoms with van der Waals surface area (Å²) >= 11 is 0. The lowest BCUT2D eigenvalue weighted by atomic mass is 10.2. The first-order chi connectivity index (χ1) is 15.7. The number of carbonyl (C=O) groups excluding carboxylic acids is 2. The Bertz CT molecular complexity index is 1260. The van der Waals surface area contributed by atoms with E-state index in [-0.39, 0.29) is 16.2 Å². The lowest BCUT2D eigenvalue weighted by Crippen LogP contribution is -2.41. The van der Waals surface area contributed by atoms with Crippen LogP contribution in [0.15, 0.2) is 71.6 Å². The van der Waals surface area contributed by atoms with Gasteiger partial charge in [-0.05, 0) is 61.5 Å². The van der Waals surface area contributed by atoms with E-state index in [2.05, 4.69) is 15.6 Å². The van der Waals surface area contributed by atoms with Gasteiger partial charge in [-0.2, -0.15) is 0 Å². The van der Waals surface area contributed by atoms with Crippen molar-refractivity contribution in [1.29, 1.82) is 0 Å². The van der Waals surface area contributed by atoms with Crippen LogP contribution in [0.1, 0.15) is 26.3 Å². The molecule has 0 unspecified atom stereocenters. The molecule has 0 bridgehead atoms. The van der Waals surface area contributed by atoms with Crippen LogP contribution < -0.4 is 25.0 Å². The third-order valence-electron chi connectivity index (χ3n) is 4.66. The van der Waals surface area contributed by atoms with Gasteiger partial charge in [-0.15, -0.1) is 0 Å². The number of methoxy groups -OCH3 is 2. The number of amides is 2. The number of benzene rings is 3. The molecule has 0 spiro atoms. The molecule has 0 saturated heterocycles. The topological polar surface area (TPSA) is 123 Å². The number of hydrazine groups is 1. The summed E-state index contributed by atoms with van der Waals surface area (Å²) in [6.07, 6.45) is 0. The molecule has 3 aromatic carbocycles. The van der Waals surface area contributed by atoms with Crippen molar-refractivity contribution in [2.75, 3.05) is 18.9 Å². The van der Waals surface area contributed by atoms with E-state index in [1.165, 1.54) is 44.6 Å². The minimum atomic E-state index is -4.06. The fraction of sp³-hybridized carbons (Fsp3) is 0.130. The average Bonchev–Trinajstić information content (AvgIpc) is 2.83. The molecule has 0 aliphatic carbocycles. The number of rotatable bonds is 7. The van der Waals surface area contributed by atoms with Crippen molar-refractivity contribution in [3.05, 3.63) is 83.4 Å². The Morgan fingerprint density at radius 1 is 0.758 bits per heavy atom. The minimum absolute atomic E-state index is 0.00936. The van der Waals surface area contributed by atoms with Gasteiger partial charge in [0.1, 0.15) is 16.4 Å². The number of aryl methyl sites for hydroxylation is 1. The summed E-state index contributed by atoms with van der Waals surface area (Å²) in [6.45, 7) is 1.89. The fourth-order valence-corrected chi connectivity index (χ4v) is 4.11. The van der Waals surface area contributed by atoms with Crippen LogP contribution in [-0.2, 0) is 10.0 Å². The van der Waals surface area contributed by atoms with Crippen LogP contribution in [0.25, 0.3) is 0 Å². The number of hydrogen-bond acceptors (Lipinski definition) is 6. The molecule has 172 valence electrons. The summed E-state index contributed by atoms with van der Waals surface area (Å²) in [5.74, 6) is -0.602. The van der Waals surface area contributed by atoms with Gasteiger partial charge >= 0.3 is 0 Å². The van der Waals surface area contributed by atoms with Crippen molar-refractivity contribution < 1.29 is 27.5 Å². The summed E-state index contributed by atoms with van der Waals surface area (Å²) in [6, 6.07) is 17.0. The zero-order valence-corrected chi connectivity index (χ0v) is 19.0. The average molecular weight is 470 g/mol. The minimum Gasteiger partial charge on any atom is -0.497 e. The van der Waals surface area contributed by atoms with Crippen molar-refractivity contribution in [3.63, 3.8) is 0 Å².